The predicted octanol–water partition coefficient (Wildman–Crippen LogP) is 3.78. The molecule has 0 saturated heterocycles. The van der Waals surface area contributed by atoms with E-state index in [-0.39, 0.29) is 11.5 Å². The van der Waals surface area contributed by atoms with E-state index in [1.807, 2.05) is 0 Å². The molecule has 0 heterocycles. The zero-order valence-corrected chi connectivity index (χ0v) is 10.4. The van der Waals surface area contributed by atoms with Crippen molar-refractivity contribution in [1.29, 1.82) is 0 Å². The number of ether oxygens (including phenoxy) is 2. The Morgan fingerprint density at radius 1 is 1.40 bits per heavy atom. The molecule has 0 aliphatic rings. The molecule has 84 valence electrons. The first kappa shape index (κ1) is 12.3. The minimum atomic E-state index is -0.456. The standard InChI is InChI=1S/C11H14BrFO2/c1-3-4-7-15-9-6-5-8(12)11(14-2)10(9)13/h5-6H,3-4,7H2,1-2H3. The number of methoxy groups -OCH3 is 1. The quantitative estimate of drug-likeness (QED) is 0.763. The molecule has 0 radical (unpaired) electrons. The summed E-state index contributed by atoms with van der Waals surface area (Å²) >= 11 is 3.20. The van der Waals surface area contributed by atoms with Gasteiger partial charge in [0.25, 0.3) is 0 Å². The summed E-state index contributed by atoms with van der Waals surface area (Å²) in [5.74, 6) is -0.0320. The van der Waals surface area contributed by atoms with Crippen LogP contribution in [-0.4, -0.2) is 13.7 Å². The van der Waals surface area contributed by atoms with Crippen LogP contribution in [0.25, 0.3) is 0 Å². The first-order valence-electron chi connectivity index (χ1n) is 4.85. The smallest absolute Gasteiger partial charge is 0.207 e. The molecule has 0 atom stereocenters. The van der Waals surface area contributed by atoms with Gasteiger partial charge in [-0.15, -0.1) is 0 Å². The second kappa shape index (κ2) is 5.95. The average molecular weight is 277 g/mol. The number of hydrogen-bond acceptors (Lipinski definition) is 2. The Balaban J connectivity index is 2.80. The largest absolute Gasteiger partial charge is 0.492 e. The maximum atomic E-state index is 13.7. The van der Waals surface area contributed by atoms with Gasteiger partial charge in [0.05, 0.1) is 18.2 Å². The zero-order chi connectivity index (χ0) is 11.3. The molecule has 1 aromatic rings. The number of rotatable bonds is 5. The second-order valence-corrected chi connectivity index (χ2v) is 3.95. The van der Waals surface area contributed by atoms with E-state index in [0.717, 1.165) is 12.8 Å². The summed E-state index contributed by atoms with van der Waals surface area (Å²) in [7, 11) is 1.43. The normalized spacial score (nSPS) is 10.1. The number of hydrogen-bond donors (Lipinski definition) is 0. The molecule has 0 N–H and O–H groups in total. The lowest BCUT2D eigenvalue weighted by atomic mass is 10.3. The summed E-state index contributed by atoms with van der Waals surface area (Å²) in [6.07, 6.45) is 1.94. The van der Waals surface area contributed by atoms with Crippen molar-refractivity contribution in [2.45, 2.75) is 19.8 Å². The highest BCUT2D eigenvalue weighted by Crippen LogP contribution is 2.33. The van der Waals surface area contributed by atoms with E-state index in [9.17, 15) is 4.39 Å². The Hall–Kier alpha value is -0.770. The highest BCUT2D eigenvalue weighted by Gasteiger charge is 2.13. The summed E-state index contributed by atoms with van der Waals surface area (Å²) in [6.45, 7) is 2.58. The maximum absolute atomic E-state index is 13.7. The molecular formula is C11H14BrFO2. The molecule has 0 amide bonds. The third kappa shape index (κ3) is 3.09. The van der Waals surface area contributed by atoms with Gasteiger partial charge in [-0.1, -0.05) is 13.3 Å². The summed E-state index contributed by atoms with van der Waals surface area (Å²) in [6, 6.07) is 3.31. The molecule has 0 aliphatic heterocycles. The van der Waals surface area contributed by atoms with Gasteiger partial charge < -0.3 is 9.47 Å². The lowest BCUT2D eigenvalue weighted by molar-refractivity contribution is 0.286. The topological polar surface area (TPSA) is 18.5 Å². The van der Waals surface area contributed by atoms with Crippen LogP contribution in [0, 0.1) is 5.82 Å². The third-order valence-electron chi connectivity index (χ3n) is 1.97. The Labute approximate surface area is 97.5 Å². The van der Waals surface area contributed by atoms with Crippen LogP contribution in [0.5, 0.6) is 11.5 Å². The fourth-order valence-electron chi connectivity index (χ4n) is 1.14. The van der Waals surface area contributed by atoms with Crippen LogP contribution in [0.3, 0.4) is 0 Å². The van der Waals surface area contributed by atoms with Crippen LogP contribution < -0.4 is 9.47 Å². The van der Waals surface area contributed by atoms with Crippen molar-refractivity contribution < 1.29 is 13.9 Å². The Bertz CT molecular complexity index is 329. The van der Waals surface area contributed by atoms with Gasteiger partial charge in [-0.25, -0.2) is 0 Å². The fraction of sp³-hybridized carbons (Fsp3) is 0.455. The van der Waals surface area contributed by atoms with Crippen molar-refractivity contribution in [1.82, 2.24) is 0 Å². The van der Waals surface area contributed by atoms with E-state index in [1.54, 1.807) is 12.1 Å². The van der Waals surface area contributed by atoms with E-state index in [1.165, 1.54) is 7.11 Å². The van der Waals surface area contributed by atoms with Gasteiger partial charge in [-0.2, -0.15) is 4.39 Å². The monoisotopic (exact) mass is 276 g/mol. The SMILES string of the molecule is CCCCOc1ccc(Br)c(OC)c1F. The van der Waals surface area contributed by atoms with E-state index < -0.39 is 5.82 Å². The molecule has 0 aliphatic carbocycles. The first-order chi connectivity index (χ1) is 7.20. The molecule has 0 bridgehead atoms. The van der Waals surface area contributed by atoms with Crippen molar-refractivity contribution in [3.63, 3.8) is 0 Å². The molecule has 0 fully saturated rings. The van der Waals surface area contributed by atoms with E-state index >= 15 is 0 Å². The van der Waals surface area contributed by atoms with E-state index in [0.29, 0.717) is 11.1 Å². The van der Waals surface area contributed by atoms with Gasteiger partial charge in [-0.05, 0) is 34.5 Å². The van der Waals surface area contributed by atoms with Gasteiger partial charge in [0.15, 0.2) is 11.5 Å². The molecule has 4 heteroatoms. The van der Waals surface area contributed by atoms with Crippen LogP contribution in [0.15, 0.2) is 16.6 Å². The predicted molar refractivity (Wildman–Crippen MR) is 61.1 cm³/mol. The average Bonchev–Trinajstić information content (AvgIpc) is 2.22. The Morgan fingerprint density at radius 2 is 2.13 bits per heavy atom. The molecule has 15 heavy (non-hydrogen) atoms. The number of unbranched alkanes of at least 4 members (excludes halogenated alkanes) is 1. The summed E-state index contributed by atoms with van der Waals surface area (Å²) in [4.78, 5) is 0. The van der Waals surface area contributed by atoms with Crippen LogP contribution >= 0.6 is 15.9 Å². The van der Waals surface area contributed by atoms with Crippen LogP contribution in [0.1, 0.15) is 19.8 Å². The summed E-state index contributed by atoms with van der Waals surface area (Å²) < 4.78 is 24.5. The van der Waals surface area contributed by atoms with Gasteiger partial charge in [0.2, 0.25) is 5.82 Å². The van der Waals surface area contributed by atoms with Gasteiger partial charge in [-0.3, -0.25) is 0 Å². The molecule has 0 spiro atoms. The van der Waals surface area contributed by atoms with Crippen molar-refractivity contribution in [2.75, 3.05) is 13.7 Å². The highest BCUT2D eigenvalue weighted by molar-refractivity contribution is 9.10. The summed E-state index contributed by atoms with van der Waals surface area (Å²) in [5.41, 5.74) is 0. The molecule has 0 saturated carbocycles. The van der Waals surface area contributed by atoms with Gasteiger partial charge >= 0.3 is 0 Å². The van der Waals surface area contributed by atoms with Crippen molar-refractivity contribution >= 4 is 15.9 Å². The second-order valence-electron chi connectivity index (χ2n) is 3.09. The van der Waals surface area contributed by atoms with Crippen molar-refractivity contribution in [3.05, 3.63) is 22.4 Å². The minimum Gasteiger partial charge on any atom is -0.492 e. The Morgan fingerprint density at radius 3 is 2.73 bits per heavy atom. The number of halogens is 2. The number of benzene rings is 1. The van der Waals surface area contributed by atoms with Crippen molar-refractivity contribution in [3.8, 4) is 11.5 Å². The molecule has 1 aromatic carbocycles. The lowest BCUT2D eigenvalue weighted by Crippen LogP contribution is -2.00. The van der Waals surface area contributed by atoms with Crippen LogP contribution in [0.2, 0.25) is 0 Å². The van der Waals surface area contributed by atoms with Crippen LogP contribution in [-0.2, 0) is 0 Å². The summed E-state index contributed by atoms with van der Waals surface area (Å²) in [5, 5.41) is 0. The molecular weight excluding hydrogens is 263 g/mol. The van der Waals surface area contributed by atoms with E-state index in [2.05, 4.69) is 22.9 Å². The maximum Gasteiger partial charge on any atom is 0.207 e. The molecule has 2 nitrogen and oxygen atoms in total. The van der Waals surface area contributed by atoms with Crippen molar-refractivity contribution in [2.24, 2.45) is 0 Å². The van der Waals surface area contributed by atoms with Crippen LogP contribution in [0.4, 0.5) is 4.39 Å². The molecule has 0 aromatic heterocycles. The third-order valence-corrected chi connectivity index (χ3v) is 2.60. The molecule has 1 rings (SSSR count). The highest BCUT2D eigenvalue weighted by atomic mass is 79.9. The zero-order valence-electron chi connectivity index (χ0n) is 8.85. The fourth-order valence-corrected chi connectivity index (χ4v) is 1.61. The van der Waals surface area contributed by atoms with Gasteiger partial charge in [0, 0.05) is 0 Å². The lowest BCUT2D eigenvalue weighted by Gasteiger charge is -2.10. The Kier molecular flexibility index (Phi) is 4.88. The van der Waals surface area contributed by atoms with Gasteiger partial charge in [0.1, 0.15) is 0 Å². The molecule has 0 unspecified atom stereocenters. The minimum absolute atomic E-state index is 0.184. The first-order valence-corrected chi connectivity index (χ1v) is 5.64. The van der Waals surface area contributed by atoms with E-state index in [4.69, 9.17) is 9.47 Å².